The molecule has 8 heteroatoms. The number of carboxylic acid groups (broad SMARTS) is 1. The van der Waals surface area contributed by atoms with Crippen LogP contribution in [0, 0.1) is 28.8 Å². The highest BCUT2D eigenvalue weighted by Crippen LogP contribution is 2.30. The van der Waals surface area contributed by atoms with Crippen LogP contribution in [0.25, 0.3) is 10.9 Å². The quantitative estimate of drug-likeness (QED) is 0.397. The highest BCUT2D eigenvalue weighted by atomic mass is 32.1. The molecule has 0 saturated carbocycles. The van der Waals surface area contributed by atoms with E-state index < -0.39 is 11.9 Å². The van der Waals surface area contributed by atoms with Gasteiger partial charge in [0.2, 0.25) is 0 Å². The van der Waals surface area contributed by atoms with Crippen molar-refractivity contribution in [2.75, 3.05) is 26.7 Å². The molecule has 0 spiro atoms. The number of hydrogen-bond acceptors (Lipinski definition) is 6. The largest absolute Gasteiger partial charge is 0.497 e. The molecule has 0 unspecified atom stereocenters. The van der Waals surface area contributed by atoms with Gasteiger partial charge in [-0.25, -0.2) is 0 Å². The Morgan fingerprint density at radius 3 is 2.88 bits per heavy atom. The highest BCUT2D eigenvalue weighted by molar-refractivity contribution is 7.10. The number of aromatic nitrogens is 1. The van der Waals surface area contributed by atoms with Gasteiger partial charge in [0.05, 0.1) is 30.0 Å². The molecule has 0 radical (unpaired) electrons. The van der Waals surface area contributed by atoms with Crippen molar-refractivity contribution in [2.24, 2.45) is 11.8 Å². The lowest BCUT2D eigenvalue weighted by atomic mass is 9.81. The highest BCUT2D eigenvalue weighted by Gasteiger charge is 2.34. The first-order valence-corrected chi connectivity index (χ1v) is 11.9. The minimum absolute atomic E-state index is 0.0266. The second-order valence-electron chi connectivity index (χ2n) is 8.34. The molecule has 4 rings (SSSR count). The zero-order valence-corrected chi connectivity index (χ0v) is 19.6. The van der Waals surface area contributed by atoms with E-state index in [1.807, 2.05) is 11.0 Å². The van der Waals surface area contributed by atoms with E-state index in [-0.39, 0.29) is 23.3 Å². The number of piperidine rings is 1. The van der Waals surface area contributed by atoms with E-state index in [9.17, 15) is 19.1 Å². The van der Waals surface area contributed by atoms with Crippen molar-refractivity contribution in [3.63, 3.8) is 0 Å². The maximum absolute atomic E-state index is 13.1. The standard InChI is InChI=1S/C26H25FN2O4S/c1-33-18-5-7-23-21(15-18)20(10-12-28-23)24(30)8-4-17-11-14-29(16-22(17)26(31)32)13-2-3-19-6-9-25(27)34-19/h5-7,9-10,12,15,17,22H,4,8,11,13-14,16H2,1H3,(H,31,32)/t17-,22+/m0/s1. The summed E-state index contributed by atoms with van der Waals surface area (Å²) in [7, 11) is 1.57. The molecule has 1 aliphatic rings. The number of benzene rings is 1. The van der Waals surface area contributed by atoms with Crippen molar-refractivity contribution in [2.45, 2.75) is 19.3 Å². The summed E-state index contributed by atoms with van der Waals surface area (Å²) in [5.74, 6) is 5.08. The monoisotopic (exact) mass is 480 g/mol. The third-order valence-corrected chi connectivity index (χ3v) is 7.03. The maximum Gasteiger partial charge on any atom is 0.308 e. The van der Waals surface area contributed by atoms with Gasteiger partial charge in [-0.1, -0.05) is 23.2 Å². The predicted octanol–water partition coefficient (Wildman–Crippen LogP) is 4.48. The van der Waals surface area contributed by atoms with Gasteiger partial charge in [-0.15, -0.1) is 0 Å². The summed E-state index contributed by atoms with van der Waals surface area (Å²) in [6, 6.07) is 10.2. The van der Waals surface area contributed by atoms with Gasteiger partial charge in [-0.3, -0.25) is 19.5 Å². The first kappa shape index (κ1) is 23.9. The summed E-state index contributed by atoms with van der Waals surface area (Å²) in [6.45, 7) is 1.53. The van der Waals surface area contributed by atoms with Crippen LogP contribution in [0.15, 0.2) is 42.6 Å². The second kappa shape index (κ2) is 10.8. The second-order valence-corrected chi connectivity index (χ2v) is 9.37. The van der Waals surface area contributed by atoms with E-state index in [1.165, 1.54) is 6.07 Å². The van der Waals surface area contributed by atoms with E-state index >= 15 is 0 Å². The number of ether oxygens (including phenoxy) is 1. The summed E-state index contributed by atoms with van der Waals surface area (Å²) < 4.78 is 18.4. The first-order valence-electron chi connectivity index (χ1n) is 11.1. The smallest absolute Gasteiger partial charge is 0.308 e. The zero-order chi connectivity index (χ0) is 24.1. The Morgan fingerprint density at radius 1 is 1.29 bits per heavy atom. The molecule has 176 valence electrons. The van der Waals surface area contributed by atoms with E-state index in [0.29, 0.717) is 48.7 Å². The Morgan fingerprint density at radius 2 is 2.15 bits per heavy atom. The number of carbonyl (C=O) groups excluding carboxylic acids is 1. The fourth-order valence-electron chi connectivity index (χ4n) is 4.40. The Balaban J connectivity index is 1.38. The number of likely N-dealkylation sites (tertiary alicyclic amines) is 1. The number of halogens is 1. The van der Waals surface area contributed by atoms with Gasteiger partial charge in [0.25, 0.3) is 0 Å². The average molecular weight is 481 g/mol. The number of fused-ring (bicyclic) bond motifs is 1. The first-order chi connectivity index (χ1) is 16.4. The van der Waals surface area contributed by atoms with Crippen LogP contribution in [0.1, 0.15) is 34.5 Å². The van der Waals surface area contributed by atoms with Crippen molar-refractivity contribution < 1.29 is 23.8 Å². The fraction of sp³-hybridized carbons (Fsp3) is 0.346. The maximum atomic E-state index is 13.1. The molecule has 1 aliphatic heterocycles. The Kier molecular flexibility index (Phi) is 7.56. The van der Waals surface area contributed by atoms with Crippen LogP contribution in [0.4, 0.5) is 4.39 Å². The Hall–Kier alpha value is -3.28. The lowest BCUT2D eigenvalue weighted by Gasteiger charge is -2.35. The van der Waals surface area contributed by atoms with Crippen molar-refractivity contribution in [1.29, 1.82) is 0 Å². The zero-order valence-electron chi connectivity index (χ0n) is 18.8. The number of pyridine rings is 1. The summed E-state index contributed by atoms with van der Waals surface area (Å²) in [4.78, 5) is 32.0. The van der Waals surface area contributed by atoms with Gasteiger partial charge in [-0.05, 0) is 61.7 Å². The van der Waals surface area contributed by atoms with Crippen LogP contribution in [0.2, 0.25) is 0 Å². The number of carbonyl (C=O) groups is 2. The number of rotatable bonds is 7. The molecule has 2 atom stereocenters. The van der Waals surface area contributed by atoms with Gasteiger partial charge >= 0.3 is 5.97 Å². The van der Waals surface area contributed by atoms with E-state index in [1.54, 1.807) is 37.6 Å². The fourth-order valence-corrected chi connectivity index (χ4v) is 5.01. The third kappa shape index (κ3) is 5.61. The molecule has 3 aromatic rings. The molecule has 34 heavy (non-hydrogen) atoms. The molecular formula is C26H25FN2O4S. The van der Waals surface area contributed by atoms with Crippen molar-refractivity contribution in [3.05, 3.63) is 58.2 Å². The lowest BCUT2D eigenvalue weighted by Crippen LogP contribution is -2.44. The van der Waals surface area contributed by atoms with E-state index in [2.05, 4.69) is 16.8 Å². The summed E-state index contributed by atoms with van der Waals surface area (Å²) in [6.07, 6.45) is 3.09. The van der Waals surface area contributed by atoms with Crippen molar-refractivity contribution >= 4 is 34.0 Å². The van der Waals surface area contributed by atoms with Crippen LogP contribution in [-0.2, 0) is 4.79 Å². The Bertz CT molecular complexity index is 1260. The van der Waals surface area contributed by atoms with Crippen LogP contribution in [0.3, 0.4) is 0 Å². The van der Waals surface area contributed by atoms with Crippen LogP contribution in [-0.4, -0.2) is 53.5 Å². The van der Waals surface area contributed by atoms with Gasteiger partial charge in [-0.2, -0.15) is 4.39 Å². The van der Waals surface area contributed by atoms with Gasteiger partial charge < -0.3 is 9.84 Å². The molecule has 1 N–H and O–H groups in total. The number of methoxy groups -OCH3 is 1. The normalized spacial score (nSPS) is 18.3. The van der Waals surface area contributed by atoms with Gasteiger partial charge in [0.15, 0.2) is 10.9 Å². The lowest BCUT2D eigenvalue weighted by molar-refractivity contribution is -0.146. The van der Waals surface area contributed by atoms with Crippen LogP contribution in [0.5, 0.6) is 5.75 Å². The average Bonchev–Trinajstić information content (AvgIpc) is 3.26. The molecule has 1 aromatic carbocycles. The number of aliphatic carboxylic acids is 1. The van der Waals surface area contributed by atoms with E-state index in [0.717, 1.165) is 22.2 Å². The number of thiophene rings is 1. The number of ketones is 1. The number of nitrogens with zero attached hydrogens (tertiary/aromatic N) is 2. The SMILES string of the molecule is COc1ccc2nccc(C(=O)CC[C@H]3CCN(CC#Cc4ccc(F)s4)C[C@H]3C(=O)O)c2c1. The summed E-state index contributed by atoms with van der Waals surface area (Å²) >= 11 is 0.994. The van der Waals surface area contributed by atoms with Crippen LogP contribution >= 0.6 is 11.3 Å². The molecule has 6 nitrogen and oxygen atoms in total. The number of Topliss-reactive ketones (excluding diaryl/α,β-unsaturated/α-hetero) is 1. The molecule has 1 saturated heterocycles. The molecule has 1 fully saturated rings. The van der Waals surface area contributed by atoms with Gasteiger partial charge in [0.1, 0.15) is 5.75 Å². The molecule has 0 aliphatic carbocycles. The Labute approximate surface area is 201 Å². The molecule has 3 heterocycles. The number of carboxylic acids is 1. The molecule has 2 aromatic heterocycles. The van der Waals surface area contributed by atoms with E-state index in [4.69, 9.17) is 4.74 Å². The topological polar surface area (TPSA) is 79.7 Å². The van der Waals surface area contributed by atoms with Crippen molar-refractivity contribution in [3.8, 4) is 17.6 Å². The predicted molar refractivity (Wildman–Crippen MR) is 129 cm³/mol. The van der Waals surface area contributed by atoms with Gasteiger partial charge in [0, 0.05) is 30.1 Å². The minimum Gasteiger partial charge on any atom is -0.497 e. The molecule has 0 amide bonds. The molecular weight excluding hydrogens is 455 g/mol. The minimum atomic E-state index is -0.852. The number of hydrogen-bond donors (Lipinski definition) is 1. The molecule has 0 bridgehead atoms. The van der Waals surface area contributed by atoms with Crippen LogP contribution < -0.4 is 4.74 Å². The summed E-state index contributed by atoms with van der Waals surface area (Å²) in [5.41, 5.74) is 1.29. The third-order valence-electron chi connectivity index (χ3n) is 6.24. The summed E-state index contributed by atoms with van der Waals surface area (Å²) in [5, 5.41) is 10.3. The van der Waals surface area contributed by atoms with Crippen molar-refractivity contribution in [1.82, 2.24) is 9.88 Å².